The lowest BCUT2D eigenvalue weighted by atomic mass is 9.76. The van der Waals surface area contributed by atoms with Crippen molar-refractivity contribution in [2.45, 2.75) is 72.6 Å². The van der Waals surface area contributed by atoms with Crippen LogP contribution >= 0.6 is 11.3 Å². The Kier molecular flexibility index (Phi) is 6.31. The molecule has 0 aliphatic heterocycles. The lowest BCUT2D eigenvalue weighted by molar-refractivity contribution is 0.290. The predicted molar refractivity (Wildman–Crippen MR) is 85.1 cm³/mol. The molecule has 1 heterocycles. The van der Waals surface area contributed by atoms with Gasteiger partial charge in [-0.2, -0.15) is 0 Å². The predicted octanol–water partition coefficient (Wildman–Crippen LogP) is 5.17. The van der Waals surface area contributed by atoms with Crippen molar-refractivity contribution in [1.29, 1.82) is 0 Å². The lowest BCUT2D eigenvalue weighted by Gasteiger charge is -2.30. The van der Waals surface area contributed by atoms with Gasteiger partial charge in [0, 0.05) is 17.0 Å². The van der Waals surface area contributed by atoms with Crippen LogP contribution in [0.3, 0.4) is 0 Å². The molecule has 19 heavy (non-hydrogen) atoms. The summed E-state index contributed by atoms with van der Waals surface area (Å²) in [6.45, 7) is 11.4. The quantitative estimate of drug-likeness (QED) is 0.688. The second-order valence-corrected chi connectivity index (χ2v) is 7.66. The van der Waals surface area contributed by atoms with Crippen LogP contribution in [0.4, 0.5) is 0 Å². The lowest BCUT2D eigenvalue weighted by Crippen LogP contribution is -2.19. The average molecular weight is 283 g/mol. The first kappa shape index (κ1) is 16.5. The minimum absolute atomic E-state index is 0.0730. The monoisotopic (exact) mass is 283 g/mol. The molecule has 0 saturated carbocycles. The summed E-state index contributed by atoms with van der Waals surface area (Å²) in [5.41, 5.74) is 1.34. The minimum atomic E-state index is 0.0730. The number of aromatic amines is 1. The molecule has 110 valence electrons. The molecule has 0 aliphatic rings. The Morgan fingerprint density at radius 2 is 1.89 bits per heavy atom. The van der Waals surface area contributed by atoms with Crippen LogP contribution in [0.1, 0.15) is 78.3 Å². The minimum Gasteiger partial charge on any atom is -0.316 e. The van der Waals surface area contributed by atoms with Crippen molar-refractivity contribution in [1.82, 2.24) is 4.98 Å². The first-order valence-corrected chi connectivity index (χ1v) is 8.40. The Morgan fingerprint density at radius 3 is 2.37 bits per heavy atom. The maximum absolute atomic E-state index is 11.3. The van der Waals surface area contributed by atoms with Gasteiger partial charge in [-0.05, 0) is 17.8 Å². The van der Waals surface area contributed by atoms with Crippen LogP contribution in [-0.2, 0) is 0 Å². The number of thiazole rings is 1. The molecule has 0 radical (unpaired) electrons. The molecule has 0 bridgehead atoms. The van der Waals surface area contributed by atoms with E-state index in [1.165, 1.54) is 43.4 Å². The molecule has 0 aromatic carbocycles. The molecule has 0 aliphatic carbocycles. The maximum Gasteiger partial charge on any atom is 0.304 e. The molecule has 0 saturated heterocycles. The highest BCUT2D eigenvalue weighted by atomic mass is 32.1. The Labute approximate surface area is 121 Å². The topological polar surface area (TPSA) is 32.9 Å². The largest absolute Gasteiger partial charge is 0.316 e. The van der Waals surface area contributed by atoms with E-state index >= 15 is 0 Å². The van der Waals surface area contributed by atoms with Crippen molar-refractivity contribution in [3.8, 4) is 0 Å². The summed E-state index contributed by atoms with van der Waals surface area (Å²) < 4.78 is 0. The molecule has 2 nitrogen and oxygen atoms in total. The second kappa shape index (κ2) is 7.28. The Hall–Kier alpha value is -0.570. The summed E-state index contributed by atoms with van der Waals surface area (Å²) in [6.07, 6.45) is 6.33. The molecule has 1 N–H and O–H groups in total. The fraction of sp³-hybridized carbons (Fsp3) is 0.812. The second-order valence-electron chi connectivity index (χ2n) is 6.82. The van der Waals surface area contributed by atoms with Crippen LogP contribution in [0.25, 0.3) is 0 Å². The van der Waals surface area contributed by atoms with Crippen LogP contribution in [0.5, 0.6) is 0 Å². The average Bonchev–Trinajstić information content (AvgIpc) is 2.73. The number of aromatic nitrogens is 1. The van der Waals surface area contributed by atoms with Crippen LogP contribution in [-0.4, -0.2) is 4.98 Å². The number of hydrogen-bond donors (Lipinski definition) is 1. The van der Waals surface area contributed by atoms with E-state index in [-0.39, 0.29) is 10.3 Å². The van der Waals surface area contributed by atoms with E-state index < -0.39 is 0 Å². The van der Waals surface area contributed by atoms with Gasteiger partial charge in [-0.25, -0.2) is 0 Å². The van der Waals surface area contributed by atoms with Gasteiger partial charge in [0.25, 0.3) is 0 Å². The number of H-pyrrole nitrogens is 1. The van der Waals surface area contributed by atoms with Crippen molar-refractivity contribution < 1.29 is 0 Å². The summed E-state index contributed by atoms with van der Waals surface area (Å²) in [5, 5.41) is 2.01. The van der Waals surface area contributed by atoms with Crippen LogP contribution in [0.15, 0.2) is 10.2 Å². The molecule has 1 aromatic rings. The zero-order valence-electron chi connectivity index (χ0n) is 13.1. The number of hydrogen-bond acceptors (Lipinski definition) is 2. The Bertz CT molecular complexity index is 413. The molecule has 2 atom stereocenters. The van der Waals surface area contributed by atoms with Gasteiger partial charge in [0.15, 0.2) is 0 Å². The van der Waals surface area contributed by atoms with Crippen molar-refractivity contribution in [3.05, 3.63) is 20.7 Å². The van der Waals surface area contributed by atoms with Gasteiger partial charge < -0.3 is 4.98 Å². The molecule has 0 spiro atoms. The van der Waals surface area contributed by atoms with Crippen LogP contribution in [0, 0.1) is 11.3 Å². The molecule has 1 rings (SSSR count). The molecule has 1 aromatic heterocycles. The van der Waals surface area contributed by atoms with E-state index in [0.29, 0.717) is 5.92 Å². The number of nitrogens with one attached hydrogen (secondary N) is 1. The third-order valence-electron chi connectivity index (χ3n) is 4.10. The Balaban J connectivity index is 2.55. The van der Waals surface area contributed by atoms with Gasteiger partial charge in [0.2, 0.25) is 0 Å². The zero-order chi connectivity index (χ0) is 14.5. The van der Waals surface area contributed by atoms with E-state index in [4.69, 9.17) is 0 Å². The fourth-order valence-electron chi connectivity index (χ4n) is 2.56. The van der Waals surface area contributed by atoms with Gasteiger partial charge in [-0.3, -0.25) is 4.79 Å². The standard InChI is InChI=1S/C16H29NOS/c1-6-12(2)9-7-8-10-13(16(3,4)5)14-11-19-15(18)17-14/h11-13H,6-10H2,1-5H3,(H,17,18). The van der Waals surface area contributed by atoms with Gasteiger partial charge in [-0.15, -0.1) is 0 Å². The van der Waals surface area contributed by atoms with E-state index in [0.717, 1.165) is 11.6 Å². The smallest absolute Gasteiger partial charge is 0.304 e. The van der Waals surface area contributed by atoms with Gasteiger partial charge >= 0.3 is 4.87 Å². The highest BCUT2D eigenvalue weighted by molar-refractivity contribution is 7.07. The molecular weight excluding hydrogens is 254 g/mol. The maximum atomic E-state index is 11.3. The normalized spacial score (nSPS) is 15.4. The third-order valence-corrected chi connectivity index (χ3v) is 4.78. The SMILES string of the molecule is CCC(C)CCCCC(c1csc(=O)[nH]1)C(C)(C)C. The molecule has 3 heteroatoms. The molecular formula is C16H29NOS. The van der Waals surface area contributed by atoms with Gasteiger partial charge in [0.1, 0.15) is 0 Å². The number of unbranched alkanes of at least 4 members (excludes halogenated alkanes) is 1. The van der Waals surface area contributed by atoms with E-state index in [1.807, 2.05) is 5.38 Å². The van der Waals surface area contributed by atoms with E-state index in [9.17, 15) is 4.79 Å². The third kappa shape index (κ3) is 5.52. The molecule has 0 amide bonds. The summed E-state index contributed by atoms with van der Waals surface area (Å²) in [4.78, 5) is 14.4. The first-order valence-electron chi connectivity index (χ1n) is 7.52. The van der Waals surface area contributed by atoms with Gasteiger partial charge in [0.05, 0.1) is 0 Å². The van der Waals surface area contributed by atoms with Crippen molar-refractivity contribution in [3.63, 3.8) is 0 Å². The Morgan fingerprint density at radius 1 is 1.26 bits per heavy atom. The summed E-state index contributed by atoms with van der Waals surface area (Å²) >= 11 is 1.29. The van der Waals surface area contributed by atoms with Crippen molar-refractivity contribution in [2.24, 2.45) is 11.3 Å². The van der Waals surface area contributed by atoms with Crippen molar-refractivity contribution in [2.75, 3.05) is 0 Å². The van der Waals surface area contributed by atoms with Gasteiger partial charge in [-0.1, -0.05) is 71.6 Å². The van der Waals surface area contributed by atoms with E-state index in [2.05, 4.69) is 39.6 Å². The van der Waals surface area contributed by atoms with Crippen LogP contribution < -0.4 is 4.87 Å². The highest BCUT2D eigenvalue weighted by Gasteiger charge is 2.27. The zero-order valence-corrected chi connectivity index (χ0v) is 13.9. The highest BCUT2D eigenvalue weighted by Crippen LogP contribution is 2.38. The number of rotatable bonds is 7. The summed E-state index contributed by atoms with van der Waals surface area (Å²) in [7, 11) is 0. The molecule has 0 fully saturated rings. The summed E-state index contributed by atoms with van der Waals surface area (Å²) in [6, 6.07) is 0. The summed E-state index contributed by atoms with van der Waals surface area (Å²) in [5.74, 6) is 1.30. The first-order chi connectivity index (χ1) is 8.84. The van der Waals surface area contributed by atoms with Crippen molar-refractivity contribution >= 4 is 11.3 Å². The fourth-order valence-corrected chi connectivity index (χ4v) is 3.20. The van der Waals surface area contributed by atoms with Crippen LogP contribution in [0.2, 0.25) is 0 Å². The van der Waals surface area contributed by atoms with E-state index in [1.54, 1.807) is 0 Å². The molecule has 2 unspecified atom stereocenters.